The molecule has 0 saturated carbocycles. The number of hydrogen-bond donors (Lipinski definition) is 3. The Morgan fingerprint density at radius 2 is 1.85 bits per heavy atom. The van der Waals surface area contributed by atoms with E-state index in [2.05, 4.69) is 10.6 Å². The Labute approximate surface area is 155 Å². The second kappa shape index (κ2) is 8.87. The predicted molar refractivity (Wildman–Crippen MR) is 97.6 cm³/mol. The van der Waals surface area contributed by atoms with E-state index in [0.717, 1.165) is 5.56 Å². The number of ether oxygens (including phenoxy) is 1. The fraction of sp³-hybridized carbons (Fsp3) is 0.167. The van der Waals surface area contributed by atoms with Crippen LogP contribution in [0.4, 0.5) is 10.5 Å². The number of nitrogens with one attached hydrogen (secondary N) is 2. The summed E-state index contributed by atoms with van der Waals surface area (Å²) in [6.07, 6.45) is -1.18. The van der Waals surface area contributed by atoms with Crippen molar-refractivity contribution >= 4 is 35.2 Å². The fourth-order valence-electron chi connectivity index (χ4n) is 2.03. The fourth-order valence-corrected chi connectivity index (χ4v) is 2.21. The number of amides is 3. The van der Waals surface area contributed by atoms with E-state index in [-0.39, 0.29) is 17.8 Å². The van der Waals surface area contributed by atoms with Gasteiger partial charge in [-0.15, -0.1) is 0 Å². The van der Waals surface area contributed by atoms with Crippen molar-refractivity contribution in [2.24, 2.45) is 0 Å². The number of hydrogen-bond acceptors (Lipinski definition) is 5. The lowest BCUT2D eigenvalue weighted by molar-refractivity contribution is -0.127. The SMILES string of the molecule is C[C@@H](OC(=O)c1ccc(Cl)cc1N)C(=O)NC(=O)NCc1ccccc1. The zero-order valence-corrected chi connectivity index (χ0v) is 14.7. The second-order valence-corrected chi connectivity index (χ2v) is 5.87. The molecule has 0 saturated heterocycles. The molecular weight excluding hydrogens is 358 g/mol. The van der Waals surface area contributed by atoms with Gasteiger partial charge in [0, 0.05) is 17.3 Å². The first-order valence-electron chi connectivity index (χ1n) is 7.75. The van der Waals surface area contributed by atoms with Gasteiger partial charge in [0.2, 0.25) is 0 Å². The van der Waals surface area contributed by atoms with Gasteiger partial charge >= 0.3 is 12.0 Å². The van der Waals surface area contributed by atoms with E-state index in [1.165, 1.54) is 25.1 Å². The molecule has 0 aromatic heterocycles. The molecule has 26 heavy (non-hydrogen) atoms. The first-order chi connectivity index (χ1) is 12.4. The van der Waals surface area contributed by atoms with Gasteiger partial charge in [0.25, 0.3) is 5.91 Å². The van der Waals surface area contributed by atoms with Crippen LogP contribution < -0.4 is 16.4 Å². The molecule has 8 heteroatoms. The van der Waals surface area contributed by atoms with E-state index in [9.17, 15) is 14.4 Å². The number of carbonyl (C=O) groups excluding carboxylic acids is 3. The molecule has 0 aliphatic rings. The van der Waals surface area contributed by atoms with Crippen molar-refractivity contribution in [3.05, 3.63) is 64.7 Å². The Kier molecular flexibility index (Phi) is 6.57. The Morgan fingerprint density at radius 1 is 1.15 bits per heavy atom. The van der Waals surface area contributed by atoms with Crippen LogP contribution in [0, 0.1) is 0 Å². The minimum atomic E-state index is -1.18. The van der Waals surface area contributed by atoms with Gasteiger partial charge in [-0.2, -0.15) is 0 Å². The van der Waals surface area contributed by atoms with Crippen LogP contribution in [0.5, 0.6) is 0 Å². The first kappa shape index (κ1) is 19.3. The number of benzene rings is 2. The lowest BCUT2D eigenvalue weighted by Gasteiger charge is -2.14. The van der Waals surface area contributed by atoms with Gasteiger partial charge < -0.3 is 15.8 Å². The molecule has 0 radical (unpaired) electrons. The van der Waals surface area contributed by atoms with Gasteiger partial charge in [-0.3, -0.25) is 10.1 Å². The number of halogens is 1. The van der Waals surface area contributed by atoms with Gasteiger partial charge in [0.15, 0.2) is 6.10 Å². The van der Waals surface area contributed by atoms with Gasteiger partial charge in [0.1, 0.15) is 0 Å². The minimum absolute atomic E-state index is 0.0857. The lowest BCUT2D eigenvalue weighted by atomic mass is 10.2. The number of nitrogen functional groups attached to an aromatic ring is 1. The maximum Gasteiger partial charge on any atom is 0.341 e. The number of carbonyl (C=O) groups is 3. The van der Waals surface area contributed by atoms with E-state index >= 15 is 0 Å². The maximum absolute atomic E-state index is 12.1. The Hall–Kier alpha value is -3.06. The highest BCUT2D eigenvalue weighted by Crippen LogP contribution is 2.19. The van der Waals surface area contributed by atoms with Gasteiger partial charge in [-0.05, 0) is 30.7 Å². The van der Waals surface area contributed by atoms with Crippen molar-refractivity contribution in [1.82, 2.24) is 10.6 Å². The molecule has 0 spiro atoms. The summed E-state index contributed by atoms with van der Waals surface area (Å²) in [7, 11) is 0. The van der Waals surface area contributed by atoms with Crippen molar-refractivity contribution in [3.63, 3.8) is 0 Å². The highest BCUT2D eigenvalue weighted by Gasteiger charge is 2.22. The molecule has 136 valence electrons. The van der Waals surface area contributed by atoms with E-state index < -0.39 is 24.0 Å². The van der Waals surface area contributed by atoms with Crippen LogP contribution in [0.2, 0.25) is 5.02 Å². The summed E-state index contributed by atoms with van der Waals surface area (Å²) < 4.78 is 5.03. The third kappa shape index (κ3) is 5.49. The molecule has 0 bridgehead atoms. The predicted octanol–water partition coefficient (Wildman–Crippen LogP) is 2.49. The Bertz CT molecular complexity index is 811. The molecule has 2 aromatic rings. The largest absolute Gasteiger partial charge is 0.449 e. The van der Waals surface area contributed by atoms with E-state index in [1.54, 1.807) is 0 Å². The third-order valence-corrected chi connectivity index (χ3v) is 3.65. The van der Waals surface area contributed by atoms with Gasteiger partial charge in [-0.1, -0.05) is 41.9 Å². The molecule has 0 fully saturated rings. The molecular formula is C18H18ClN3O4. The summed E-state index contributed by atoms with van der Waals surface area (Å²) in [5, 5.41) is 5.03. The zero-order chi connectivity index (χ0) is 19.1. The summed E-state index contributed by atoms with van der Waals surface area (Å²) in [6, 6.07) is 12.8. The Morgan fingerprint density at radius 3 is 2.50 bits per heavy atom. The maximum atomic E-state index is 12.1. The van der Waals surface area contributed by atoms with Crippen LogP contribution in [-0.2, 0) is 16.1 Å². The third-order valence-electron chi connectivity index (χ3n) is 3.42. The summed E-state index contributed by atoms with van der Waals surface area (Å²) in [5.41, 5.74) is 6.80. The molecule has 2 aromatic carbocycles. The molecule has 1 atom stereocenters. The van der Waals surface area contributed by atoms with Crippen LogP contribution in [0.3, 0.4) is 0 Å². The van der Waals surface area contributed by atoms with Gasteiger partial charge in [0.05, 0.1) is 5.56 Å². The number of rotatable bonds is 5. The first-order valence-corrected chi connectivity index (χ1v) is 8.13. The van der Waals surface area contributed by atoms with Crippen molar-refractivity contribution in [2.45, 2.75) is 19.6 Å². The standard InChI is InChI=1S/C18H18ClN3O4/c1-11(26-17(24)14-8-7-13(19)9-15(14)20)16(23)22-18(25)21-10-12-5-3-2-4-6-12/h2-9,11H,10,20H2,1H3,(H2,21,22,23,25)/t11-/m1/s1. The smallest absolute Gasteiger partial charge is 0.341 e. The van der Waals surface area contributed by atoms with Crippen LogP contribution in [0.25, 0.3) is 0 Å². The van der Waals surface area contributed by atoms with Crippen molar-refractivity contribution < 1.29 is 19.1 Å². The molecule has 4 N–H and O–H groups in total. The number of esters is 1. The summed E-state index contributed by atoms with van der Waals surface area (Å²) >= 11 is 5.77. The number of urea groups is 1. The average molecular weight is 376 g/mol. The van der Waals surface area contributed by atoms with Crippen LogP contribution in [-0.4, -0.2) is 24.0 Å². The molecule has 0 aliphatic carbocycles. The molecule has 2 rings (SSSR count). The molecule has 0 heterocycles. The minimum Gasteiger partial charge on any atom is -0.449 e. The number of nitrogens with two attached hydrogens (primary N) is 1. The molecule has 3 amide bonds. The van der Waals surface area contributed by atoms with E-state index in [0.29, 0.717) is 5.02 Å². The topological polar surface area (TPSA) is 111 Å². The quantitative estimate of drug-likeness (QED) is 0.549. The molecule has 0 unspecified atom stereocenters. The van der Waals surface area contributed by atoms with Crippen molar-refractivity contribution in [1.29, 1.82) is 0 Å². The normalized spacial score (nSPS) is 11.3. The highest BCUT2D eigenvalue weighted by atomic mass is 35.5. The average Bonchev–Trinajstić information content (AvgIpc) is 2.60. The zero-order valence-electron chi connectivity index (χ0n) is 14.0. The lowest BCUT2D eigenvalue weighted by Crippen LogP contribution is -2.44. The monoisotopic (exact) mass is 375 g/mol. The van der Waals surface area contributed by atoms with Crippen molar-refractivity contribution in [3.8, 4) is 0 Å². The highest BCUT2D eigenvalue weighted by molar-refractivity contribution is 6.31. The summed E-state index contributed by atoms with van der Waals surface area (Å²) in [5.74, 6) is -1.54. The summed E-state index contributed by atoms with van der Waals surface area (Å²) in [4.78, 5) is 35.8. The van der Waals surface area contributed by atoms with E-state index in [4.69, 9.17) is 22.1 Å². The van der Waals surface area contributed by atoms with Crippen LogP contribution in [0.1, 0.15) is 22.8 Å². The van der Waals surface area contributed by atoms with Crippen molar-refractivity contribution in [2.75, 3.05) is 5.73 Å². The summed E-state index contributed by atoms with van der Waals surface area (Å²) in [6.45, 7) is 1.61. The molecule has 0 aliphatic heterocycles. The van der Waals surface area contributed by atoms with Crippen LogP contribution in [0.15, 0.2) is 48.5 Å². The number of anilines is 1. The Balaban J connectivity index is 1.84. The molecule has 7 nitrogen and oxygen atoms in total. The van der Waals surface area contributed by atoms with E-state index in [1.807, 2.05) is 30.3 Å². The van der Waals surface area contributed by atoms with Gasteiger partial charge in [-0.25, -0.2) is 9.59 Å². The number of imide groups is 1. The second-order valence-electron chi connectivity index (χ2n) is 5.44. The van der Waals surface area contributed by atoms with Crippen LogP contribution >= 0.6 is 11.6 Å².